The van der Waals surface area contributed by atoms with E-state index in [2.05, 4.69) is 10.1 Å². The molecule has 2 N–H and O–H groups in total. The van der Waals surface area contributed by atoms with Gasteiger partial charge < -0.3 is 5.73 Å². The van der Waals surface area contributed by atoms with Crippen molar-refractivity contribution in [2.24, 2.45) is 5.73 Å². The van der Waals surface area contributed by atoms with Gasteiger partial charge in [0.25, 0.3) is 0 Å². The van der Waals surface area contributed by atoms with E-state index in [0.29, 0.717) is 6.54 Å². The van der Waals surface area contributed by atoms with Crippen molar-refractivity contribution in [3.05, 3.63) is 42.4 Å². The molecule has 4 nitrogen and oxygen atoms in total. The van der Waals surface area contributed by atoms with E-state index in [0.717, 1.165) is 11.4 Å². The van der Waals surface area contributed by atoms with Crippen LogP contribution < -0.4 is 5.73 Å². The Hall–Kier alpha value is -1.68. The molecule has 2 rings (SSSR count). The normalized spacial score (nSPS) is 10.2. The van der Waals surface area contributed by atoms with Gasteiger partial charge in [-0.2, -0.15) is 5.10 Å². The standard InChI is InChI=1S/C9H10N4/c10-5-8-6-12-13(7-8)9-3-1-2-4-11-9/h1-4,6-7H,5,10H2. The van der Waals surface area contributed by atoms with Gasteiger partial charge >= 0.3 is 0 Å². The highest BCUT2D eigenvalue weighted by molar-refractivity contribution is 5.21. The van der Waals surface area contributed by atoms with Gasteiger partial charge in [0.15, 0.2) is 5.82 Å². The molecular weight excluding hydrogens is 164 g/mol. The molecule has 13 heavy (non-hydrogen) atoms. The second-order valence-corrected chi connectivity index (χ2v) is 2.69. The fraction of sp³-hybridized carbons (Fsp3) is 0.111. The van der Waals surface area contributed by atoms with Gasteiger partial charge in [-0.25, -0.2) is 9.67 Å². The van der Waals surface area contributed by atoms with Crippen LogP contribution in [0.2, 0.25) is 0 Å². The molecule has 0 fully saturated rings. The predicted molar refractivity (Wildman–Crippen MR) is 49.3 cm³/mol. The summed E-state index contributed by atoms with van der Waals surface area (Å²) in [7, 11) is 0. The maximum absolute atomic E-state index is 5.47. The van der Waals surface area contributed by atoms with Crippen LogP contribution in [0.4, 0.5) is 0 Å². The first-order chi connectivity index (χ1) is 6.40. The molecular formula is C9H10N4. The lowest BCUT2D eigenvalue weighted by Crippen LogP contribution is -1.97. The Balaban J connectivity index is 2.36. The molecule has 0 bridgehead atoms. The molecule has 0 aliphatic heterocycles. The van der Waals surface area contributed by atoms with E-state index in [1.165, 1.54) is 0 Å². The van der Waals surface area contributed by atoms with E-state index in [9.17, 15) is 0 Å². The fourth-order valence-corrected chi connectivity index (χ4v) is 1.08. The molecule has 0 amide bonds. The lowest BCUT2D eigenvalue weighted by atomic mass is 10.4. The van der Waals surface area contributed by atoms with Crippen molar-refractivity contribution in [2.75, 3.05) is 0 Å². The molecule has 4 heteroatoms. The minimum absolute atomic E-state index is 0.507. The van der Waals surface area contributed by atoms with Crippen LogP contribution in [0.25, 0.3) is 5.82 Å². The third-order valence-electron chi connectivity index (χ3n) is 1.76. The van der Waals surface area contributed by atoms with Gasteiger partial charge in [0, 0.05) is 24.5 Å². The summed E-state index contributed by atoms with van der Waals surface area (Å²) >= 11 is 0. The molecule has 0 atom stereocenters. The zero-order valence-electron chi connectivity index (χ0n) is 7.09. The molecule has 2 heterocycles. The van der Waals surface area contributed by atoms with Crippen molar-refractivity contribution in [1.82, 2.24) is 14.8 Å². The topological polar surface area (TPSA) is 56.7 Å². The van der Waals surface area contributed by atoms with E-state index >= 15 is 0 Å². The average Bonchev–Trinajstić information content (AvgIpc) is 2.67. The smallest absolute Gasteiger partial charge is 0.153 e. The van der Waals surface area contributed by atoms with Crippen LogP contribution in [0.5, 0.6) is 0 Å². The Kier molecular flexibility index (Phi) is 2.06. The molecule has 2 aromatic heterocycles. The van der Waals surface area contributed by atoms with E-state index in [1.807, 2.05) is 24.4 Å². The van der Waals surface area contributed by atoms with Crippen LogP contribution >= 0.6 is 0 Å². The molecule has 0 aliphatic rings. The van der Waals surface area contributed by atoms with Crippen LogP contribution in [-0.4, -0.2) is 14.8 Å². The van der Waals surface area contributed by atoms with Crippen molar-refractivity contribution in [3.63, 3.8) is 0 Å². The number of aromatic nitrogens is 3. The Morgan fingerprint density at radius 3 is 2.92 bits per heavy atom. The zero-order valence-corrected chi connectivity index (χ0v) is 7.09. The van der Waals surface area contributed by atoms with Crippen molar-refractivity contribution >= 4 is 0 Å². The summed E-state index contributed by atoms with van der Waals surface area (Å²) in [6.07, 6.45) is 5.36. The second kappa shape index (κ2) is 3.37. The van der Waals surface area contributed by atoms with Gasteiger partial charge in [-0.1, -0.05) is 6.07 Å². The molecule has 0 radical (unpaired) electrons. The van der Waals surface area contributed by atoms with E-state index in [-0.39, 0.29) is 0 Å². The first kappa shape index (κ1) is 7.94. The van der Waals surface area contributed by atoms with Crippen LogP contribution in [0, 0.1) is 0 Å². The largest absolute Gasteiger partial charge is 0.326 e. The van der Waals surface area contributed by atoms with Crippen molar-refractivity contribution in [3.8, 4) is 5.82 Å². The molecule has 0 aromatic carbocycles. The summed E-state index contributed by atoms with van der Waals surface area (Å²) in [6, 6.07) is 5.69. The van der Waals surface area contributed by atoms with E-state index in [4.69, 9.17) is 5.73 Å². The zero-order chi connectivity index (χ0) is 9.10. The van der Waals surface area contributed by atoms with Crippen molar-refractivity contribution in [2.45, 2.75) is 6.54 Å². The Morgan fingerprint density at radius 1 is 1.38 bits per heavy atom. The summed E-state index contributed by atoms with van der Waals surface area (Å²) in [5, 5.41) is 4.13. The maximum atomic E-state index is 5.47. The van der Waals surface area contributed by atoms with Crippen LogP contribution in [-0.2, 0) is 6.54 Å². The highest BCUT2D eigenvalue weighted by atomic mass is 15.3. The maximum Gasteiger partial charge on any atom is 0.153 e. The summed E-state index contributed by atoms with van der Waals surface area (Å²) in [5.74, 6) is 0.808. The van der Waals surface area contributed by atoms with Gasteiger partial charge in [-0.15, -0.1) is 0 Å². The number of hydrogen-bond acceptors (Lipinski definition) is 3. The number of hydrogen-bond donors (Lipinski definition) is 1. The van der Waals surface area contributed by atoms with Gasteiger partial charge in [0.2, 0.25) is 0 Å². The predicted octanol–water partition coefficient (Wildman–Crippen LogP) is 0.726. The van der Waals surface area contributed by atoms with Gasteiger partial charge in [-0.05, 0) is 12.1 Å². The lowest BCUT2D eigenvalue weighted by molar-refractivity contribution is 0.846. The fourth-order valence-electron chi connectivity index (χ4n) is 1.08. The number of nitrogens with zero attached hydrogens (tertiary/aromatic N) is 3. The highest BCUT2D eigenvalue weighted by Gasteiger charge is 1.98. The highest BCUT2D eigenvalue weighted by Crippen LogP contribution is 2.03. The quantitative estimate of drug-likeness (QED) is 0.730. The van der Waals surface area contributed by atoms with E-state index in [1.54, 1.807) is 17.1 Å². The van der Waals surface area contributed by atoms with Gasteiger partial charge in [-0.3, -0.25) is 0 Å². The Morgan fingerprint density at radius 2 is 2.31 bits per heavy atom. The number of rotatable bonds is 2. The van der Waals surface area contributed by atoms with Crippen molar-refractivity contribution in [1.29, 1.82) is 0 Å². The third kappa shape index (κ3) is 1.57. The van der Waals surface area contributed by atoms with Crippen molar-refractivity contribution < 1.29 is 0 Å². The molecule has 0 saturated heterocycles. The van der Waals surface area contributed by atoms with E-state index < -0.39 is 0 Å². The number of pyridine rings is 1. The second-order valence-electron chi connectivity index (χ2n) is 2.69. The third-order valence-corrected chi connectivity index (χ3v) is 1.76. The van der Waals surface area contributed by atoms with Gasteiger partial charge in [0.05, 0.1) is 6.20 Å². The Labute approximate surface area is 76.0 Å². The number of nitrogens with two attached hydrogens (primary N) is 1. The minimum atomic E-state index is 0.507. The first-order valence-corrected chi connectivity index (χ1v) is 4.05. The summed E-state index contributed by atoms with van der Waals surface area (Å²) < 4.78 is 1.71. The van der Waals surface area contributed by atoms with Crippen LogP contribution in [0.3, 0.4) is 0 Å². The molecule has 0 aliphatic carbocycles. The molecule has 0 unspecified atom stereocenters. The van der Waals surface area contributed by atoms with Crippen LogP contribution in [0.15, 0.2) is 36.8 Å². The van der Waals surface area contributed by atoms with Gasteiger partial charge in [0.1, 0.15) is 0 Å². The molecule has 0 saturated carbocycles. The first-order valence-electron chi connectivity index (χ1n) is 4.05. The average molecular weight is 174 g/mol. The SMILES string of the molecule is NCc1cnn(-c2ccccn2)c1. The molecule has 66 valence electrons. The Bertz CT molecular complexity index is 380. The van der Waals surface area contributed by atoms with Crippen LogP contribution in [0.1, 0.15) is 5.56 Å². The molecule has 0 spiro atoms. The summed E-state index contributed by atoms with van der Waals surface area (Å²) in [6.45, 7) is 0.507. The molecule has 2 aromatic rings. The monoisotopic (exact) mass is 174 g/mol. The summed E-state index contributed by atoms with van der Waals surface area (Å²) in [4.78, 5) is 4.16. The minimum Gasteiger partial charge on any atom is -0.326 e. The summed E-state index contributed by atoms with van der Waals surface area (Å²) in [5.41, 5.74) is 6.47. The lowest BCUT2D eigenvalue weighted by Gasteiger charge is -1.97.